The van der Waals surface area contributed by atoms with Crippen molar-refractivity contribution in [3.05, 3.63) is 42.0 Å². The van der Waals surface area contributed by atoms with Gasteiger partial charge in [0, 0.05) is 25.4 Å². The number of benzene rings is 2. The maximum absolute atomic E-state index is 11.6. The molecule has 0 aliphatic rings. The summed E-state index contributed by atoms with van der Waals surface area (Å²) < 4.78 is 5.61. The van der Waals surface area contributed by atoms with Crippen LogP contribution in [0.25, 0.3) is 10.8 Å². The zero-order valence-corrected chi connectivity index (χ0v) is 13.7. The van der Waals surface area contributed by atoms with Gasteiger partial charge in [-0.15, -0.1) is 0 Å². The zero-order valence-electron chi connectivity index (χ0n) is 13.7. The standard InChI is InChI=1S/C18H22N2O4/c1-13(22)19-9-8-14-4-2-6-16-15(14)5-3-7-17(16)24-12-18(23)20-10-11-21/h2-7,21H,8-12H2,1H3,(H,19,22)(H,20,23). The topological polar surface area (TPSA) is 87.7 Å². The lowest BCUT2D eigenvalue weighted by Gasteiger charge is -2.12. The van der Waals surface area contributed by atoms with Crippen molar-refractivity contribution in [2.45, 2.75) is 13.3 Å². The van der Waals surface area contributed by atoms with Gasteiger partial charge in [0.1, 0.15) is 5.75 Å². The summed E-state index contributed by atoms with van der Waals surface area (Å²) in [7, 11) is 0. The zero-order chi connectivity index (χ0) is 17.4. The molecule has 2 aromatic carbocycles. The van der Waals surface area contributed by atoms with Gasteiger partial charge in [-0.05, 0) is 23.4 Å². The van der Waals surface area contributed by atoms with E-state index >= 15 is 0 Å². The Kier molecular flexibility index (Phi) is 6.57. The summed E-state index contributed by atoms with van der Waals surface area (Å²) in [5.41, 5.74) is 1.11. The number of aliphatic hydroxyl groups excluding tert-OH is 1. The molecule has 3 N–H and O–H groups in total. The van der Waals surface area contributed by atoms with E-state index < -0.39 is 0 Å². The fourth-order valence-corrected chi connectivity index (χ4v) is 2.45. The van der Waals surface area contributed by atoms with Crippen LogP contribution in [0.2, 0.25) is 0 Å². The van der Waals surface area contributed by atoms with Crippen molar-refractivity contribution in [1.29, 1.82) is 0 Å². The second-order valence-electron chi connectivity index (χ2n) is 5.36. The fourth-order valence-electron chi connectivity index (χ4n) is 2.45. The highest BCUT2D eigenvalue weighted by Gasteiger charge is 2.08. The third-order valence-electron chi connectivity index (χ3n) is 3.53. The predicted octanol–water partition coefficient (Wildman–Crippen LogP) is 1.01. The van der Waals surface area contributed by atoms with Crippen LogP contribution in [0.15, 0.2) is 36.4 Å². The van der Waals surface area contributed by atoms with Gasteiger partial charge in [-0.1, -0.05) is 30.3 Å². The minimum Gasteiger partial charge on any atom is -0.483 e. The van der Waals surface area contributed by atoms with Crippen LogP contribution in [0.5, 0.6) is 5.75 Å². The Labute approximate surface area is 140 Å². The van der Waals surface area contributed by atoms with Crippen molar-refractivity contribution in [3.8, 4) is 5.75 Å². The summed E-state index contributed by atoms with van der Waals surface area (Å²) in [6.07, 6.45) is 0.720. The number of carbonyl (C=O) groups excluding carboxylic acids is 2. The lowest BCUT2D eigenvalue weighted by Crippen LogP contribution is -2.31. The molecular formula is C18H22N2O4. The number of hydrogen-bond acceptors (Lipinski definition) is 4. The van der Waals surface area contributed by atoms with Crippen molar-refractivity contribution < 1.29 is 19.4 Å². The number of nitrogens with one attached hydrogen (secondary N) is 2. The van der Waals surface area contributed by atoms with Crippen LogP contribution in [-0.2, 0) is 16.0 Å². The molecule has 2 aromatic rings. The van der Waals surface area contributed by atoms with Crippen LogP contribution >= 0.6 is 0 Å². The third kappa shape index (κ3) is 4.96. The monoisotopic (exact) mass is 330 g/mol. The van der Waals surface area contributed by atoms with E-state index in [1.54, 1.807) is 0 Å². The second-order valence-corrected chi connectivity index (χ2v) is 5.36. The van der Waals surface area contributed by atoms with Crippen molar-refractivity contribution in [3.63, 3.8) is 0 Å². The van der Waals surface area contributed by atoms with E-state index in [1.165, 1.54) is 6.92 Å². The molecule has 0 aliphatic carbocycles. The number of carbonyl (C=O) groups is 2. The first-order valence-electron chi connectivity index (χ1n) is 7.87. The van der Waals surface area contributed by atoms with Crippen molar-refractivity contribution in [2.75, 3.05) is 26.3 Å². The normalized spacial score (nSPS) is 10.4. The Balaban J connectivity index is 2.11. The maximum atomic E-state index is 11.6. The molecule has 0 atom stereocenters. The van der Waals surface area contributed by atoms with Crippen molar-refractivity contribution in [2.24, 2.45) is 0 Å². The number of amides is 2. The summed E-state index contributed by atoms with van der Waals surface area (Å²) in [5, 5.41) is 16.0. The molecule has 0 heterocycles. The molecule has 0 unspecified atom stereocenters. The Morgan fingerprint density at radius 3 is 2.54 bits per heavy atom. The molecule has 0 radical (unpaired) electrons. The Hall–Kier alpha value is -2.60. The third-order valence-corrected chi connectivity index (χ3v) is 3.53. The molecular weight excluding hydrogens is 308 g/mol. The minimum absolute atomic E-state index is 0.0480. The molecule has 24 heavy (non-hydrogen) atoms. The lowest BCUT2D eigenvalue weighted by molar-refractivity contribution is -0.123. The van der Waals surface area contributed by atoms with E-state index in [-0.39, 0.29) is 31.6 Å². The fraction of sp³-hybridized carbons (Fsp3) is 0.333. The van der Waals surface area contributed by atoms with Gasteiger partial charge in [-0.25, -0.2) is 0 Å². The number of hydrogen-bond donors (Lipinski definition) is 3. The van der Waals surface area contributed by atoms with Gasteiger partial charge >= 0.3 is 0 Å². The molecule has 128 valence electrons. The van der Waals surface area contributed by atoms with Crippen LogP contribution in [0.3, 0.4) is 0 Å². The summed E-state index contributed by atoms with van der Waals surface area (Å²) >= 11 is 0. The average Bonchev–Trinajstić information content (AvgIpc) is 2.58. The number of fused-ring (bicyclic) bond motifs is 1. The predicted molar refractivity (Wildman–Crippen MR) is 91.9 cm³/mol. The van der Waals surface area contributed by atoms with E-state index in [2.05, 4.69) is 10.6 Å². The van der Waals surface area contributed by atoms with E-state index in [1.807, 2.05) is 36.4 Å². The van der Waals surface area contributed by atoms with Gasteiger partial charge in [-0.3, -0.25) is 9.59 Å². The van der Waals surface area contributed by atoms with Gasteiger partial charge in [0.05, 0.1) is 6.61 Å². The molecule has 2 rings (SSSR count). The summed E-state index contributed by atoms with van der Waals surface area (Å²) in [5.74, 6) is 0.309. The van der Waals surface area contributed by atoms with Gasteiger partial charge in [-0.2, -0.15) is 0 Å². The number of ether oxygens (including phenoxy) is 1. The number of rotatable bonds is 8. The highest BCUT2D eigenvalue weighted by atomic mass is 16.5. The first-order valence-corrected chi connectivity index (χ1v) is 7.87. The van der Waals surface area contributed by atoms with Crippen LogP contribution < -0.4 is 15.4 Å². The van der Waals surface area contributed by atoms with Crippen molar-refractivity contribution >= 4 is 22.6 Å². The van der Waals surface area contributed by atoms with E-state index in [9.17, 15) is 9.59 Å². The highest BCUT2D eigenvalue weighted by molar-refractivity contribution is 5.91. The molecule has 0 saturated carbocycles. The lowest BCUT2D eigenvalue weighted by atomic mass is 10.0. The van der Waals surface area contributed by atoms with Gasteiger partial charge < -0.3 is 20.5 Å². The molecule has 0 bridgehead atoms. The number of aliphatic hydroxyl groups is 1. The molecule has 0 saturated heterocycles. The maximum Gasteiger partial charge on any atom is 0.258 e. The summed E-state index contributed by atoms with van der Waals surface area (Å²) in [4.78, 5) is 22.6. The van der Waals surface area contributed by atoms with E-state index in [4.69, 9.17) is 9.84 Å². The van der Waals surface area contributed by atoms with Gasteiger partial charge in [0.25, 0.3) is 5.91 Å². The van der Waals surface area contributed by atoms with Crippen LogP contribution in [0, 0.1) is 0 Å². The first-order chi connectivity index (χ1) is 11.6. The molecule has 0 fully saturated rings. The van der Waals surface area contributed by atoms with Crippen molar-refractivity contribution in [1.82, 2.24) is 10.6 Å². The first kappa shape index (κ1) is 17.7. The molecule has 0 spiro atoms. The van der Waals surface area contributed by atoms with Crippen LogP contribution in [0.4, 0.5) is 0 Å². The molecule has 2 amide bonds. The molecule has 6 nitrogen and oxygen atoms in total. The Bertz CT molecular complexity index is 715. The summed E-state index contributed by atoms with van der Waals surface area (Å²) in [6.45, 7) is 2.08. The smallest absolute Gasteiger partial charge is 0.258 e. The Morgan fingerprint density at radius 2 is 1.79 bits per heavy atom. The quantitative estimate of drug-likeness (QED) is 0.674. The molecule has 6 heteroatoms. The second kappa shape index (κ2) is 8.88. The molecule has 0 aromatic heterocycles. The largest absolute Gasteiger partial charge is 0.483 e. The van der Waals surface area contributed by atoms with Crippen LogP contribution in [-0.4, -0.2) is 43.2 Å². The summed E-state index contributed by atoms with van der Waals surface area (Å²) in [6, 6.07) is 11.6. The van der Waals surface area contributed by atoms with E-state index in [0.717, 1.165) is 22.8 Å². The van der Waals surface area contributed by atoms with Crippen LogP contribution in [0.1, 0.15) is 12.5 Å². The van der Waals surface area contributed by atoms with E-state index in [0.29, 0.717) is 12.3 Å². The van der Waals surface area contributed by atoms with Gasteiger partial charge in [0.2, 0.25) is 5.91 Å². The highest BCUT2D eigenvalue weighted by Crippen LogP contribution is 2.28. The average molecular weight is 330 g/mol. The SMILES string of the molecule is CC(=O)NCCc1cccc2c(OCC(=O)NCCO)cccc12. The minimum atomic E-state index is -0.275. The molecule has 0 aliphatic heterocycles. The Morgan fingerprint density at radius 1 is 1.04 bits per heavy atom. The van der Waals surface area contributed by atoms with Gasteiger partial charge in [0.15, 0.2) is 6.61 Å².